The van der Waals surface area contributed by atoms with Gasteiger partial charge in [0.15, 0.2) is 5.96 Å². The lowest BCUT2D eigenvalue weighted by atomic mass is 10.1. The predicted molar refractivity (Wildman–Crippen MR) is 118 cm³/mol. The van der Waals surface area contributed by atoms with Gasteiger partial charge in [0, 0.05) is 13.5 Å². The van der Waals surface area contributed by atoms with E-state index in [1.165, 1.54) is 6.92 Å². The molecule has 11 heteroatoms. The summed E-state index contributed by atoms with van der Waals surface area (Å²) in [6, 6.07) is -1.43. The minimum Gasteiger partial charge on any atom is -0.370 e. The number of aliphatic imine (C=N–C) groups is 1. The van der Waals surface area contributed by atoms with E-state index in [9.17, 15) is 14.4 Å². The molecule has 0 saturated heterocycles. The number of hydrogen-bond donors (Lipinski definition) is 7. The van der Waals surface area contributed by atoms with Crippen LogP contribution < -0.4 is 38.9 Å². The van der Waals surface area contributed by atoms with Gasteiger partial charge in [-0.15, -0.1) is 0 Å². The Kier molecular flexibility index (Phi) is 15.7. The van der Waals surface area contributed by atoms with Gasteiger partial charge in [0.2, 0.25) is 17.7 Å². The number of rotatable bonds is 16. The summed E-state index contributed by atoms with van der Waals surface area (Å²) in [6.07, 6.45) is 7.20. The molecule has 30 heavy (non-hydrogen) atoms. The van der Waals surface area contributed by atoms with Crippen LogP contribution >= 0.6 is 0 Å². The van der Waals surface area contributed by atoms with Crippen molar-refractivity contribution in [2.45, 2.75) is 57.5 Å². The van der Waals surface area contributed by atoms with Gasteiger partial charge < -0.3 is 38.9 Å². The number of unbranched alkanes of at least 4 members (excludes halogenated alkanes) is 2. The third-order valence-corrected chi connectivity index (χ3v) is 4.16. The van der Waals surface area contributed by atoms with Crippen LogP contribution in [0, 0.1) is 0 Å². The van der Waals surface area contributed by atoms with Crippen molar-refractivity contribution in [3.05, 3.63) is 12.2 Å². The van der Waals surface area contributed by atoms with Gasteiger partial charge in [0.25, 0.3) is 0 Å². The van der Waals surface area contributed by atoms with Gasteiger partial charge in [-0.05, 0) is 51.6 Å². The van der Waals surface area contributed by atoms with E-state index in [1.54, 1.807) is 12.2 Å². The molecule has 0 aliphatic carbocycles. The van der Waals surface area contributed by atoms with E-state index in [1.807, 2.05) is 0 Å². The highest BCUT2D eigenvalue weighted by molar-refractivity contribution is 5.91. The van der Waals surface area contributed by atoms with Crippen LogP contribution in [0.4, 0.5) is 0 Å². The average Bonchev–Trinajstić information content (AvgIpc) is 2.68. The second-order valence-corrected chi connectivity index (χ2v) is 6.87. The van der Waals surface area contributed by atoms with Gasteiger partial charge in [-0.3, -0.25) is 14.4 Å². The first-order valence-corrected chi connectivity index (χ1v) is 10.3. The number of carbonyl (C=O) groups excluding carboxylic acids is 3. The second-order valence-electron chi connectivity index (χ2n) is 6.87. The SMILES string of the molecule is CC(=O)N[C@@H](CCCCN)C(=O)N[C@@H](CCCCN)C(=O)NC/C=C/CN=C(N)N. The van der Waals surface area contributed by atoms with E-state index in [-0.39, 0.29) is 24.3 Å². The van der Waals surface area contributed by atoms with Gasteiger partial charge in [0.05, 0.1) is 6.54 Å². The first kappa shape index (κ1) is 27.3. The first-order valence-electron chi connectivity index (χ1n) is 10.3. The predicted octanol–water partition coefficient (Wildman–Crippen LogP) is -1.82. The van der Waals surface area contributed by atoms with Crippen LogP contribution in [0.2, 0.25) is 0 Å². The van der Waals surface area contributed by atoms with E-state index < -0.39 is 18.0 Å². The largest absolute Gasteiger partial charge is 0.370 e. The third kappa shape index (κ3) is 14.4. The van der Waals surface area contributed by atoms with Crippen molar-refractivity contribution in [2.75, 3.05) is 26.2 Å². The molecule has 0 heterocycles. The van der Waals surface area contributed by atoms with Gasteiger partial charge >= 0.3 is 0 Å². The summed E-state index contributed by atoms with van der Waals surface area (Å²) in [4.78, 5) is 40.5. The topological polar surface area (TPSA) is 204 Å². The van der Waals surface area contributed by atoms with Crippen LogP contribution in [0.1, 0.15) is 45.4 Å². The van der Waals surface area contributed by atoms with Gasteiger partial charge in [-0.1, -0.05) is 12.2 Å². The zero-order valence-electron chi connectivity index (χ0n) is 17.9. The van der Waals surface area contributed by atoms with Crippen molar-refractivity contribution in [1.82, 2.24) is 16.0 Å². The zero-order valence-corrected chi connectivity index (χ0v) is 17.9. The summed E-state index contributed by atoms with van der Waals surface area (Å²) in [6.45, 7) is 2.95. The Morgan fingerprint density at radius 2 is 1.43 bits per heavy atom. The smallest absolute Gasteiger partial charge is 0.243 e. The second kappa shape index (κ2) is 17.2. The van der Waals surface area contributed by atoms with Crippen LogP contribution in [0.3, 0.4) is 0 Å². The molecule has 0 bridgehead atoms. The molecule has 2 atom stereocenters. The van der Waals surface area contributed by atoms with Crippen LogP contribution in [0.15, 0.2) is 17.1 Å². The molecule has 0 aromatic rings. The summed E-state index contributed by atoms with van der Waals surface area (Å²) >= 11 is 0. The maximum Gasteiger partial charge on any atom is 0.243 e. The monoisotopic (exact) mass is 426 g/mol. The molecule has 11 nitrogen and oxygen atoms in total. The number of amides is 3. The minimum absolute atomic E-state index is 0.00782. The molecular formula is C19H38N8O3. The van der Waals surface area contributed by atoms with Crippen molar-refractivity contribution >= 4 is 23.7 Å². The lowest BCUT2D eigenvalue weighted by molar-refractivity contribution is -0.132. The summed E-state index contributed by atoms with van der Waals surface area (Å²) in [5, 5.41) is 8.14. The molecule has 0 saturated carbocycles. The van der Waals surface area contributed by atoms with Crippen LogP contribution in [-0.2, 0) is 14.4 Å². The molecule has 0 spiro atoms. The third-order valence-electron chi connectivity index (χ3n) is 4.16. The van der Waals surface area contributed by atoms with Crippen LogP contribution in [0.5, 0.6) is 0 Å². The Balaban J connectivity index is 4.88. The maximum absolute atomic E-state index is 12.7. The van der Waals surface area contributed by atoms with Crippen LogP contribution in [-0.4, -0.2) is 61.9 Å². The number of nitrogens with zero attached hydrogens (tertiary/aromatic N) is 1. The van der Waals surface area contributed by atoms with Crippen LogP contribution in [0.25, 0.3) is 0 Å². The maximum atomic E-state index is 12.7. The number of guanidine groups is 1. The minimum atomic E-state index is -0.721. The molecule has 11 N–H and O–H groups in total. The molecule has 172 valence electrons. The highest BCUT2D eigenvalue weighted by Crippen LogP contribution is 2.05. The fourth-order valence-electron chi connectivity index (χ4n) is 2.64. The van der Waals surface area contributed by atoms with Crippen molar-refractivity contribution in [1.29, 1.82) is 0 Å². The molecule has 0 rings (SSSR count). The van der Waals surface area contributed by atoms with Crippen molar-refractivity contribution in [3.8, 4) is 0 Å². The first-order chi connectivity index (χ1) is 14.3. The van der Waals surface area contributed by atoms with E-state index in [2.05, 4.69) is 20.9 Å². The summed E-state index contributed by atoms with van der Waals surface area (Å²) in [7, 11) is 0. The lowest BCUT2D eigenvalue weighted by Crippen LogP contribution is -2.53. The molecule has 3 amide bonds. The fourth-order valence-corrected chi connectivity index (χ4v) is 2.64. The van der Waals surface area contributed by atoms with E-state index in [0.29, 0.717) is 45.3 Å². The summed E-state index contributed by atoms with van der Waals surface area (Å²) in [5.41, 5.74) is 21.5. The Morgan fingerprint density at radius 1 is 0.867 bits per heavy atom. The quantitative estimate of drug-likeness (QED) is 0.0650. The Bertz CT molecular complexity index is 576. The fraction of sp³-hybridized carbons (Fsp3) is 0.684. The molecular weight excluding hydrogens is 388 g/mol. The number of nitrogens with one attached hydrogen (secondary N) is 3. The molecule has 0 aromatic heterocycles. The van der Waals surface area contributed by atoms with E-state index >= 15 is 0 Å². The van der Waals surface area contributed by atoms with E-state index in [0.717, 1.165) is 12.8 Å². The molecule has 0 radical (unpaired) electrons. The summed E-state index contributed by atoms with van der Waals surface area (Å²) < 4.78 is 0. The molecule has 0 aromatic carbocycles. The highest BCUT2D eigenvalue weighted by atomic mass is 16.2. The Morgan fingerprint density at radius 3 is 1.93 bits per heavy atom. The normalized spacial score (nSPS) is 12.8. The number of hydrogen-bond acceptors (Lipinski definition) is 6. The molecule has 0 unspecified atom stereocenters. The molecule has 0 aliphatic heterocycles. The Labute approximate surface area is 178 Å². The molecule has 0 fully saturated rings. The number of nitrogens with two attached hydrogens (primary N) is 4. The molecule has 0 aliphatic rings. The lowest BCUT2D eigenvalue weighted by Gasteiger charge is -2.23. The van der Waals surface area contributed by atoms with Crippen molar-refractivity contribution < 1.29 is 14.4 Å². The van der Waals surface area contributed by atoms with Crippen molar-refractivity contribution in [2.24, 2.45) is 27.9 Å². The van der Waals surface area contributed by atoms with Gasteiger partial charge in [-0.2, -0.15) is 0 Å². The highest BCUT2D eigenvalue weighted by Gasteiger charge is 2.25. The average molecular weight is 427 g/mol. The van der Waals surface area contributed by atoms with Gasteiger partial charge in [0.1, 0.15) is 12.1 Å². The van der Waals surface area contributed by atoms with E-state index in [4.69, 9.17) is 22.9 Å². The zero-order chi connectivity index (χ0) is 22.8. The van der Waals surface area contributed by atoms with Crippen molar-refractivity contribution in [3.63, 3.8) is 0 Å². The Hall–Kier alpha value is -2.66. The standard InChI is InChI=1S/C19H38N8O3/c1-14(28)26-16(9-3-5-11-21)18(30)27-15(8-2-4-10-20)17(29)24-12-6-7-13-25-19(22)23/h6-7,15-16H,2-5,8-13,20-21H2,1H3,(H,24,29)(H,26,28)(H,27,30)(H4,22,23,25)/b7-6+/t15-,16-/m0/s1. The van der Waals surface area contributed by atoms with Gasteiger partial charge in [-0.25, -0.2) is 4.99 Å². The number of carbonyl (C=O) groups is 3. The summed E-state index contributed by atoms with van der Waals surface area (Å²) in [5.74, 6) is -1.02.